The summed E-state index contributed by atoms with van der Waals surface area (Å²) in [5.41, 5.74) is 0.337. The highest BCUT2D eigenvalue weighted by Gasteiger charge is 2.09. The van der Waals surface area contributed by atoms with Gasteiger partial charge in [0.05, 0.1) is 19.9 Å². The number of rotatable bonds is 6. The van der Waals surface area contributed by atoms with Gasteiger partial charge in [0.15, 0.2) is 11.5 Å². The molecule has 1 aromatic carbocycles. The fraction of sp³-hybridized carbons (Fsp3) is 0.278. The molecule has 0 aliphatic heterocycles. The van der Waals surface area contributed by atoms with E-state index in [0.717, 1.165) is 10.1 Å². The molecule has 2 aromatic rings. The van der Waals surface area contributed by atoms with Crippen molar-refractivity contribution in [2.45, 2.75) is 6.61 Å². The van der Waals surface area contributed by atoms with Gasteiger partial charge in [-0.3, -0.25) is 13.9 Å². The van der Waals surface area contributed by atoms with Crippen molar-refractivity contribution in [2.75, 3.05) is 14.2 Å². The lowest BCUT2D eigenvalue weighted by Gasteiger charge is -2.13. The molecule has 8 nitrogen and oxygen atoms in total. The van der Waals surface area contributed by atoms with E-state index in [4.69, 9.17) is 9.47 Å². The van der Waals surface area contributed by atoms with E-state index in [9.17, 15) is 14.4 Å². The molecule has 26 heavy (non-hydrogen) atoms. The Labute approximate surface area is 149 Å². The van der Waals surface area contributed by atoms with E-state index in [2.05, 4.69) is 4.74 Å². The van der Waals surface area contributed by atoms with Crippen LogP contribution in [0.3, 0.4) is 0 Å². The largest absolute Gasteiger partial charge is 0.493 e. The van der Waals surface area contributed by atoms with E-state index in [0.29, 0.717) is 17.2 Å². The van der Waals surface area contributed by atoms with Gasteiger partial charge in [0.2, 0.25) is 0 Å². The third-order valence-corrected chi connectivity index (χ3v) is 3.80. The minimum Gasteiger partial charge on any atom is -0.493 e. The number of carbonyl (C=O) groups excluding carboxylic acids is 1. The zero-order valence-electron chi connectivity index (χ0n) is 15.0. The minimum absolute atomic E-state index is 0.0233. The first-order chi connectivity index (χ1) is 12.4. The van der Waals surface area contributed by atoms with Gasteiger partial charge >= 0.3 is 11.7 Å². The van der Waals surface area contributed by atoms with E-state index >= 15 is 0 Å². The van der Waals surface area contributed by atoms with Crippen LogP contribution < -0.4 is 20.7 Å². The van der Waals surface area contributed by atoms with Crippen LogP contribution >= 0.6 is 0 Å². The average Bonchev–Trinajstić information content (AvgIpc) is 2.66. The highest BCUT2D eigenvalue weighted by molar-refractivity contribution is 5.87. The van der Waals surface area contributed by atoms with Crippen LogP contribution in [0.1, 0.15) is 11.3 Å². The number of hydrogen-bond donors (Lipinski definition) is 0. The lowest BCUT2D eigenvalue weighted by Crippen LogP contribution is -2.38. The fourth-order valence-electron chi connectivity index (χ4n) is 2.21. The number of nitrogens with zero attached hydrogens (tertiary/aromatic N) is 2. The Bertz CT molecular complexity index is 955. The number of ether oxygens (including phenoxy) is 3. The second-order valence-corrected chi connectivity index (χ2v) is 5.43. The number of benzene rings is 1. The lowest BCUT2D eigenvalue weighted by molar-refractivity contribution is -0.134. The molecule has 0 atom stereocenters. The van der Waals surface area contributed by atoms with Gasteiger partial charge in [0.1, 0.15) is 6.61 Å². The highest BCUT2D eigenvalue weighted by atomic mass is 16.5. The monoisotopic (exact) mass is 360 g/mol. The SMILES string of the molecule is COC(=O)/C=C\c1ccc(OCc2cc(=O)n(C)c(=O)n2C)c(OC)c1. The van der Waals surface area contributed by atoms with E-state index in [-0.39, 0.29) is 6.61 Å². The summed E-state index contributed by atoms with van der Waals surface area (Å²) >= 11 is 0. The summed E-state index contributed by atoms with van der Waals surface area (Å²) in [7, 11) is 5.77. The second-order valence-electron chi connectivity index (χ2n) is 5.43. The summed E-state index contributed by atoms with van der Waals surface area (Å²) in [5, 5.41) is 0. The summed E-state index contributed by atoms with van der Waals surface area (Å²) in [4.78, 5) is 34.9. The van der Waals surface area contributed by atoms with Crippen molar-refractivity contribution in [1.82, 2.24) is 9.13 Å². The first-order valence-electron chi connectivity index (χ1n) is 7.70. The van der Waals surface area contributed by atoms with Gasteiger partial charge in [-0.05, 0) is 23.8 Å². The molecule has 0 amide bonds. The number of esters is 1. The smallest absolute Gasteiger partial charge is 0.330 e. The highest BCUT2D eigenvalue weighted by Crippen LogP contribution is 2.29. The van der Waals surface area contributed by atoms with Crippen LogP contribution in [0.4, 0.5) is 0 Å². The molecule has 0 N–H and O–H groups in total. The normalized spacial score (nSPS) is 10.8. The Kier molecular flexibility index (Phi) is 6.00. The van der Waals surface area contributed by atoms with Gasteiger partial charge < -0.3 is 14.2 Å². The van der Waals surface area contributed by atoms with Gasteiger partial charge in [-0.15, -0.1) is 0 Å². The van der Waals surface area contributed by atoms with Gasteiger partial charge in [0.25, 0.3) is 5.56 Å². The van der Waals surface area contributed by atoms with Crippen molar-refractivity contribution in [3.05, 3.63) is 62.4 Å². The summed E-state index contributed by atoms with van der Waals surface area (Å²) in [6.45, 7) is 0.0233. The molecule has 2 rings (SSSR count). The summed E-state index contributed by atoms with van der Waals surface area (Å²) in [6, 6.07) is 6.45. The molecule has 0 aliphatic carbocycles. The van der Waals surface area contributed by atoms with Crippen molar-refractivity contribution in [3.8, 4) is 11.5 Å². The van der Waals surface area contributed by atoms with Gasteiger partial charge in [-0.1, -0.05) is 6.07 Å². The maximum Gasteiger partial charge on any atom is 0.330 e. The van der Waals surface area contributed by atoms with Gasteiger partial charge in [-0.25, -0.2) is 9.59 Å². The van der Waals surface area contributed by atoms with Crippen LogP contribution in [0.2, 0.25) is 0 Å². The van der Waals surface area contributed by atoms with E-state index in [1.165, 1.54) is 38.0 Å². The molecule has 0 saturated heterocycles. The number of methoxy groups -OCH3 is 2. The number of hydrogen-bond acceptors (Lipinski definition) is 6. The molecule has 0 aliphatic rings. The Morgan fingerprint density at radius 1 is 1.08 bits per heavy atom. The molecular weight excluding hydrogens is 340 g/mol. The molecule has 0 bridgehead atoms. The quantitative estimate of drug-likeness (QED) is 0.561. The minimum atomic E-state index is -0.462. The zero-order chi connectivity index (χ0) is 19.3. The molecule has 8 heteroatoms. The molecule has 0 fully saturated rings. The van der Waals surface area contributed by atoms with Crippen molar-refractivity contribution in [1.29, 1.82) is 0 Å². The van der Waals surface area contributed by atoms with Gasteiger partial charge in [0, 0.05) is 26.2 Å². The molecule has 0 spiro atoms. The summed E-state index contributed by atoms with van der Waals surface area (Å²) in [5.74, 6) is 0.428. The van der Waals surface area contributed by atoms with Crippen molar-refractivity contribution in [2.24, 2.45) is 14.1 Å². The Balaban J connectivity index is 2.23. The van der Waals surface area contributed by atoms with Crippen molar-refractivity contribution >= 4 is 12.0 Å². The zero-order valence-corrected chi connectivity index (χ0v) is 15.0. The molecule has 0 saturated carbocycles. The predicted octanol–water partition coefficient (Wildman–Crippen LogP) is 0.858. The molecule has 1 heterocycles. The van der Waals surface area contributed by atoms with Gasteiger partial charge in [-0.2, -0.15) is 0 Å². The van der Waals surface area contributed by atoms with E-state index in [1.54, 1.807) is 31.3 Å². The fourth-order valence-corrected chi connectivity index (χ4v) is 2.21. The van der Waals surface area contributed by atoms with Crippen LogP contribution in [-0.4, -0.2) is 29.3 Å². The van der Waals surface area contributed by atoms with Crippen LogP contribution in [0, 0.1) is 0 Å². The maximum atomic E-state index is 11.9. The standard InChI is InChI=1S/C18H20N2O6/c1-19-13(10-16(21)20(2)18(19)23)11-26-14-7-5-12(9-15(14)24-3)6-8-17(22)25-4/h5-10H,11H2,1-4H3/b8-6-. The maximum absolute atomic E-state index is 11.9. The van der Waals surface area contributed by atoms with Crippen LogP contribution in [-0.2, 0) is 30.2 Å². The Hall–Kier alpha value is -3.29. The van der Waals surface area contributed by atoms with Crippen molar-refractivity contribution in [3.63, 3.8) is 0 Å². The van der Waals surface area contributed by atoms with Crippen LogP contribution in [0.25, 0.3) is 6.08 Å². The average molecular weight is 360 g/mol. The summed E-state index contributed by atoms with van der Waals surface area (Å²) in [6.07, 6.45) is 2.88. The Morgan fingerprint density at radius 3 is 2.46 bits per heavy atom. The van der Waals surface area contributed by atoms with Crippen molar-refractivity contribution < 1.29 is 19.0 Å². The third-order valence-electron chi connectivity index (χ3n) is 3.80. The Morgan fingerprint density at radius 2 is 1.81 bits per heavy atom. The molecular formula is C18H20N2O6. The number of carbonyl (C=O) groups is 1. The topological polar surface area (TPSA) is 88.8 Å². The molecule has 1 aromatic heterocycles. The molecule has 138 valence electrons. The van der Waals surface area contributed by atoms with Crippen LogP contribution in [0.5, 0.6) is 11.5 Å². The first-order valence-corrected chi connectivity index (χ1v) is 7.70. The lowest BCUT2D eigenvalue weighted by atomic mass is 10.2. The second kappa shape index (κ2) is 8.19. The van der Waals surface area contributed by atoms with Crippen LogP contribution in [0.15, 0.2) is 39.9 Å². The molecule has 0 unspecified atom stereocenters. The summed E-state index contributed by atoms with van der Waals surface area (Å²) < 4.78 is 17.9. The van der Waals surface area contributed by atoms with E-state index in [1.807, 2.05) is 0 Å². The first kappa shape index (κ1) is 19.0. The molecule has 0 radical (unpaired) electrons. The third kappa shape index (κ3) is 4.21. The number of aromatic nitrogens is 2. The predicted molar refractivity (Wildman–Crippen MR) is 95.3 cm³/mol. The van der Waals surface area contributed by atoms with E-state index < -0.39 is 17.2 Å².